The molecule has 1 aromatic carbocycles. The van der Waals surface area contributed by atoms with E-state index in [4.69, 9.17) is 22.1 Å². The Labute approximate surface area is 128 Å². The van der Waals surface area contributed by atoms with Crippen LogP contribution in [0.5, 0.6) is 5.75 Å². The molecule has 0 aliphatic carbocycles. The number of amides is 1. The van der Waals surface area contributed by atoms with Crippen LogP contribution in [0.4, 0.5) is 13.2 Å². The number of rotatable bonds is 4. The Morgan fingerprint density at radius 2 is 2.00 bits per heavy atom. The van der Waals surface area contributed by atoms with E-state index in [-0.39, 0.29) is 23.6 Å². The Morgan fingerprint density at radius 3 is 2.64 bits per heavy atom. The number of pyridine rings is 1. The summed E-state index contributed by atoms with van der Waals surface area (Å²) in [5.41, 5.74) is 4.29. The Hall–Kier alpha value is -2.28. The number of benzene rings is 1. The van der Waals surface area contributed by atoms with Gasteiger partial charge in [-0.2, -0.15) is 13.2 Å². The molecule has 2 rings (SSSR count). The van der Waals surface area contributed by atoms with Gasteiger partial charge in [0.15, 0.2) is 0 Å². The Balaban J connectivity index is 2.19. The van der Waals surface area contributed by atoms with Gasteiger partial charge in [0.25, 0.3) is 5.91 Å². The van der Waals surface area contributed by atoms with E-state index in [1.807, 2.05) is 0 Å². The summed E-state index contributed by atoms with van der Waals surface area (Å²) < 4.78 is 43.0. The number of primary amides is 1. The van der Waals surface area contributed by atoms with Crippen molar-refractivity contribution >= 4 is 17.5 Å². The van der Waals surface area contributed by atoms with Gasteiger partial charge >= 0.3 is 6.18 Å². The summed E-state index contributed by atoms with van der Waals surface area (Å²) in [7, 11) is 0. The maximum atomic E-state index is 12.6. The van der Waals surface area contributed by atoms with Gasteiger partial charge in [0, 0.05) is 5.02 Å². The minimum absolute atomic E-state index is 0.0412. The lowest BCUT2D eigenvalue weighted by Crippen LogP contribution is -2.14. The van der Waals surface area contributed by atoms with Crippen molar-refractivity contribution in [1.82, 2.24) is 4.98 Å². The molecular formula is C14H10ClF3N2O2. The third-order valence-electron chi connectivity index (χ3n) is 2.68. The van der Waals surface area contributed by atoms with Crippen LogP contribution in [0.15, 0.2) is 36.4 Å². The smallest absolute Gasteiger partial charge is 0.433 e. The second-order valence-electron chi connectivity index (χ2n) is 4.31. The monoisotopic (exact) mass is 330 g/mol. The molecule has 4 nitrogen and oxygen atoms in total. The first-order valence-corrected chi connectivity index (χ1v) is 6.40. The fourth-order valence-corrected chi connectivity index (χ4v) is 1.86. The average molecular weight is 331 g/mol. The quantitative estimate of drug-likeness (QED) is 0.934. The van der Waals surface area contributed by atoms with Crippen molar-refractivity contribution in [3.63, 3.8) is 0 Å². The Morgan fingerprint density at radius 1 is 1.27 bits per heavy atom. The van der Waals surface area contributed by atoms with E-state index in [1.54, 1.807) is 0 Å². The fraction of sp³-hybridized carbons (Fsp3) is 0.143. The molecule has 0 radical (unpaired) electrons. The minimum atomic E-state index is -4.53. The second-order valence-corrected chi connectivity index (χ2v) is 4.74. The second kappa shape index (κ2) is 6.23. The molecule has 2 N–H and O–H groups in total. The van der Waals surface area contributed by atoms with Gasteiger partial charge in [-0.1, -0.05) is 17.7 Å². The molecule has 2 aromatic rings. The summed E-state index contributed by atoms with van der Waals surface area (Å²) in [6.07, 6.45) is -4.53. The number of nitrogens with zero attached hydrogens (tertiary/aromatic N) is 1. The number of hydrogen-bond acceptors (Lipinski definition) is 3. The van der Waals surface area contributed by atoms with Crippen LogP contribution < -0.4 is 10.5 Å². The standard InChI is InChI=1S/C14H10ClF3N2O2/c15-8-4-5-11(10(6-8)13(19)21)22-7-9-2-1-3-12(20-9)14(16,17)18/h1-6H,7H2,(H2,19,21). The van der Waals surface area contributed by atoms with E-state index in [1.165, 1.54) is 30.3 Å². The van der Waals surface area contributed by atoms with Crippen molar-refractivity contribution in [2.45, 2.75) is 12.8 Å². The molecular weight excluding hydrogens is 321 g/mol. The highest BCUT2D eigenvalue weighted by Gasteiger charge is 2.32. The van der Waals surface area contributed by atoms with E-state index in [9.17, 15) is 18.0 Å². The molecule has 0 aliphatic rings. The topological polar surface area (TPSA) is 65.2 Å². The number of carbonyl (C=O) groups is 1. The van der Waals surface area contributed by atoms with Crippen LogP contribution in [0.1, 0.15) is 21.7 Å². The SMILES string of the molecule is NC(=O)c1cc(Cl)ccc1OCc1cccc(C(F)(F)F)n1. The van der Waals surface area contributed by atoms with Gasteiger partial charge in [0.05, 0.1) is 11.3 Å². The molecule has 0 spiro atoms. The zero-order valence-electron chi connectivity index (χ0n) is 11.0. The number of aromatic nitrogens is 1. The molecule has 1 amide bonds. The predicted octanol–water partition coefficient (Wildman–Crippen LogP) is 3.43. The van der Waals surface area contributed by atoms with Crippen LogP contribution in [0, 0.1) is 0 Å². The Bertz CT molecular complexity index is 705. The highest BCUT2D eigenvalue weighted by Crippen LogP contribution is 2.28. The molecule has 0 saturated carbocycles. The molecule has 116 valence electrons. The van der Waals surface area contributed by atoms with Gasteiger partial charge in [-0.05, 0) is 30.3 Å². The zero-order valence-corrected chi connectivity index (χ0v) is 11.8. The highest BCUT2D eigenvalue weighted by molar-refractivity contribution is 6.31. The molecule has 22 heavy (non-hydrogen) atoms. The summed E-state index contributed by atoms with van der Waals surface area (Å²) in [6, 6.07) is 7.68. The fourth-order valence-electron chi connectivity index (χ4n) is 1.69. The summed E-state index contributed by atoms with van der Waals surface area (Å²) in [4.78, 5) is 14.7. The molecule has 0 atom stereocenters. The van der Waals surface area contributed by atoms with Gasteiger partial charge in [-0.3, -0.25) is 4.79 Å². The third kappa shape index (κ3) is 3.88. The maximum Gasteiger partial charge on any atom is 0.433 e. The first-order chi connectivity index (χ1) is 10.3. The van der Waals surface area contributed by atoms with E-state index >= 15 is 0 Å². The predicted molar refractivity (Wildman–Crippen MR) is 73.5 cm³/mol. The van der Waals surface area contributed by atoms with Crippen LogP contribution in [0.2, 0.25) is 5.02 Å². The number of nitrogens with two attached hydrogens (primary N) is 1. The van der Waals surface area contributed by atoms with Gasteiger partial charge in [-0.25, -0.2) is 4.98 Å². The van der Waals surface area contributed by atoms with E-state index in [2.05, 4.69) is 4.98 Å². The van der Waals surface area contributed by atoms with Gasteiger partial charge in [0.2, 0.25) is 0 Å². The zero-order chi connectivity index (χ0) is 16.3. The van der Waals surface area contributed by atoms with Crippen LogP contribution >= 0.6 is 11.6 Å². The summed E-state index contributed by atoms with van der Waals surface area (Å²) in [5, 5.41) is 0.290. The molecule has 0 aliphatic heterocycles. The van der Waals surface area contributed by atoms with Crippen LogP contribution in [0.3, 0.4) is 0 Å². The van der Waals surface area contributed by atoms with Crippen LogP contribution in [0.25, 0.3) is 0 Å². The van der Waals surface area contributed by atoms with Crippen molar-refractivity contribution in [3.05, 3.63) is 58.4 Å². The number of carbonyl (C=O) groups excluding carboxylic acids is 1. The summed E-state index contributed by atoms with van der Waals surface area (Å²) >= 11 is 5.75. The first-order valence-electron chi connectivity index (χ1n) is 6.02. The van der Waals surface area contributed by atoms with Crippen LogP contribution in [-0.4, -0.2) is 10.9 Å². The number of hydrogen-bond donors (Lipinski definition) is 1. The summed E-state index contributed by atoms with van der Waals surface area (Å²) in [5.74, 6) is -0.634. The molecule has 0 bridgehead atoms. The highest BCUT2D eigenvalue weighted by atomic mass is 35.5. The van der Waals surface area contributed by atoms with Gasteiger partial charge in [-0.15, -0.1) is 0 Å². The lowest BCUT2D eigenvalue weighted by molar-refractivity contribution is -0.141. The molecule has 0 saturated heterocycles. The largest absolute Gasteiger partial charge is 0.486 e. The van der Waals surface area contributed by atoms with Crippen LogP contribution in [-0.2, 0) is 12.8 Å². The van der Waals surface area contributed by atoms with Crippen molar-refractivity contribution in [3.8, 4) is 5.75 Å². The van der Waals surface area contributed by atoms with Crippen molar-refractivity contribution in [1.29, 1.82) is 0 Å². The normalized spacial score (nSPS) is 11.3. The Kier molecular flexibility index (Phi) is 4.56. The third-order valence-corrected chi connectivity index (χ3v) is 2.91. The van der Waals surface area contributed by atoms with E-state index in [0.717, 1.165) is 6.07 Å². The molecule has 8 heteroatoms. The number of ether oxygens (including phenoxy) is 1. The maximum absolute atomic E-state index is 12.6. The number of alkyl halides is 3. The minimum Gasteiger partial charge on any atom is -0.486 e. The van der Waals surface area contributed by atoms with E-state index in [0.29, 0.717) is 5.02 Å². The lowest BCUT2D eigenvalue weighted by Gasteiger charge is -2.11. The molecule has 0 fully saturated rings. The molecule has 0 unspecified atom stereocenters. The van der Waals surface area contributed by atoms with Gasteiger partial charge in [0.1, 0.15) is 18.1 Å². The van der Waals surface area contributed by atoms with Gasteiger partial charge < -0.3 is 10.5 Å². The average Bonchev–Trinajstić information content (AvgIpc) is 2.45. The molecule has 1 heterocycles. The van der Waals surface area contributed by atoms with Crippen molar-refractivity contribution < 1.29 is 22.7 Å². The van der Waals surface area contributed by atoms with E-state index < -0.39 is 17.8 Å². The van der Waals surface area contributed by atoms with Crippen molar-refractivity contribution in [2.75, 3.05) is 0 Å². The first kappa shape index (κ1) is 16.1. The summed E-state index contributed by atoms with van der Waals surface area (Å²) in [6.45, 7) is -0.244. The lowest BCUT2D eigenvalue weighted by atomic mass is 10.2. The number of halogens is 4. The van der Waals surface area contributed by atoms with Crippen molar-refractivity contribution in [2.24, 2.45) is 5.73 Å². The molecule has 1 aromatic heterocycles.